The van der Waals surface area contributed by atoms with Gasteiger partial charge in [-0.3, -0.25) is 4.79 Å². The highest BCUT2D eigenvalue weighted by atomic mass is 32.2. The van der Waals surface area contributed by atoms with E-state index in [1.807, 2.05) is 61.5 Å². The van der Waals surface area contributed by atoms with E-state index >= 15 is 0 Å². The van der Waals surface area contributed by atoms with Gasteiger partial charge in [0.2, 0.25) is 0 Å². The number of thioether (sulfide) groups is 1. The van der Waals surface area contributed by atoms with E-state index in [9.17, 15) is 23.1 Å². The molecule has 0 aliphatic rings. The summed E-state index contributed by atoms with van der Waals surface area (Å²) in [7, 11) is 0. The van der Waals surface area contributed by atoms with Gasteiger partial charge in [-0.15, -0.1) is 11.8 Å². The van der Waals surface area contributed by atoms with E-state index in [2.05, 4.69) is 0 Å². The second kappa shape index (κ2) is 10.4. The smallest absolute Gasteiger partial charge is 0.416 e. The first-order chi connectivity index (χ1) is 16.0. The van der Waals surface area contributed by atoms with Gasteiger partial charge < -0.3 is 9.84 Å². The number of ether oxygens (including phenoxy) is 1. The predicted molar refractivity (Wildman–Crippen MR) is 130 cm³/mol. The first kappa shape index (κ1) is 25.4. The zero-order chi connectivity index (χ0) is 24.9. The van der Waals surface area contributed by atoms with Crippen molar-refractivity contribution in [3.8, 4) is 16.9 Å². The number of hydrogen-bond acceptors (Lipinski definition) is 3. The van der Waals surface area contributed by atoms with Crippen LogP contribution in [0.15, 0.2) is 83.8 Å². The Kier molecular flexibility index (Phi) is 7.77. The Hall–Kier alpha value is -3.19. The minimum absolute atomic E-state index is 0.361. The number of carbonyl (C=O) groups is 1. The highest BCUT2D eigenvalue weighted by Crippen LogP contribution is 2.34. The SMILES string of the molecule is CC(=CCOc1ccc(SC(C)(C)C(=O)O)cc1)c1ccc(-c2ccc(C(F)(F)F)cc2)cc1. The van der Waals surface area contributed by atoms with E-state index in [4.69, 9.17) is 4.74 Å². The molecule has 0 amide bonds. The average Bonchev–Trinajstić information content (AvgIpc) is 2.79. The van der Waals surface area contributed by atoms with Crippen LogP contribution in [-0.2, 0) is 11.0 Å². The summed E-state index contributed by atoms with van der Waals surface area (Å²) in [6, 6.07) is 20.0. The van der Waals surface area contributed by atoms with Crippen molar-refractivity contribution in [1.82, 2.24) is 0 Å². The molecule has 0 atom stereocenters. The van der Waals surface area contributed by atoms with Gasteiger partial charge in [0.15, 0.2) is 0 Å². The van der Waals surface area contributed by atoms with E-state index in [0.29, 0.717) is 12.4 Å². The predicted octanol–water partition coefficient (Wildman–Crippen LogP) is 7.81. The number of rotatable bonds is 8. The third-order valence-corrected chi connectivity index (χ3v) is 6.43. The highest BCUT2D eigenvalue weighted by Gasteiger charge is 2.30. The molecule has 0 aliphatic carbocycles. The maximum absolute atomic E-state index is 12.7. The summed E-state index contributed by atoms with van der Waals surface area (Å²) in [6.45, 7) is 5.64. The van der Waals surface area contributed by atoms with Crippen LogP contribution in [0.2, 0.25) is 0 Å². The third kappa shape index (κ3) is 6.67. The molecule has 0 fully saturated rings. The molecule has 0 unspecified atom stereocenters. The van der Waals surface area contributed by atoms with Crippen LogP contribution in [0.1, 0.15) is 31.9 Å². The minimum atomic E-state index is -4.34. The first-order valence-electron chi connectivity index (χ1n) is 10.6. The van der Waals surface area contributed by atoms with Crippen LogP contribution in [0.3, 0.4) is 0 Å². The van der Waals surface area contributed by atoms with Crippen molar-refractivity contribution in [3.05, 3.63) is 90.0 Å². The Morgan fingerprint density at radius 1 is 0.912 bits per heavy atom. The number of halogens is 3. The number of alkyl halides is 3. The molecule has 0 saturated heterocycles. The molecule has 178 valence electrons. The van der Waals surface area contributed by atoms with E-state index in [-0.39, 0.29) is 0 Å². The lowest BCUT2D eigenvalue weighted by atomic mass is 10.00. The fourth-order valence-corrected chi connectivity index (χ4v) is 4.05. The molecule has 0 bridgehead atoms. The molecule has 7 heteroatoms. The van der Waals surface area contributed by atoms with Crippen LogP contribution in [0.25, 0.3) is 16.7 Å². The van der Waals surface area contributed by atoms with Gasteiger partial charge in [-0.25, -0.2) is 0 Å². The van der Waals surface area contributed by atoms with Gasteiger partial charge >= 0.3 is 12.1 Å². The van der Waals surface area contributed by atoms with Crippen molar-refractivity contribution >= 4 is 23.3 Å². The lowest BCUT2D eigenvalue weighted by Gasteiger charge is -2.18. The van der Waals surface area contributed by atoms with Crippen molar-refractivity contribution in [2.45, 2.75) is 36.6 Å². The summed E-state index contributed by atoms with van der Waals surface area (Å²) in [5.74, 6) is -0.190. The molecule has 0 saturated carbocycles. The third-order valence-electron chi connectivity index (χ3n) is 5.24. The van der Waals surface area contributed by atoms with E-state index in [0.717, 1.165) is 39.3 Å². The van der Waals surface area contributed by atoms with Crippen LogP contribution < -0.4 is 4.74 Å². The fourth-order valence-electron chi connectivity index (χ4n) is 3.10. The summed E-state index contributed by atoms with van der Waals surface area (Å²) >= 11 is 1.27. The van der Waals surface area contributed by atoms with Crippen molar-refractivity contribution in [2.24, 2.45) is 0 Å². The molecule has 0 aliphatic heterocycles. The molecule has 3 aromatic carbocycles. The lowest BCUT2D eigenvalue weighted by Crippen LogP contribution is -2.26. The van der Waals surface area contributed by atoms with E-state index in [1.165, 1.54) is 23.9 Å². The van der Waals surface area contributed by atoms with Crippen LogP contribution in [-0.4, -0.2) is 22.4 Å². The zero-order valence-electron chi connectivity index (χ0n) is 19.0. The molecule has 0 aromatic heterocycles. The quantitative estimate of drug-likeness (QED) is 0.330. The van der Waals surface area contributed by atoms with Gasteiger partial charge in [-0.05, 0) is 85.5 Å². The maximum Gasteiger partial charge on any atom is 0.416 e. The molecule has 0 radical (unpaired) electrons. The van der Waals surface area contributed by atoms with Gasteiger partial charge in [0.05, 0.1) is 5.56 Å². The highest BCUT2D eigenvalue weighted by molar-refractivity contribution is 8.01. The lowest BCUT2D eigenvalue weighted by molar-refractivity contribution is -0.139. The summed E-state index contributed by atoms with van der Waals surface area (Å²) in [6.07, 6.45) is -2.39. The molecule has 3 rings (SSSR count). The van der Waals surface area contributed by atoms with Gasteiger partial charge in [-0.1, -0.05) is 36.4 Å². The van der Waals surface area contributed by atoms with E-state index < -0.39 is 22.5 Å². The molecule has 34 heavy (non-hydrogen) atoms. The standard InChI is InChI=1S/C27H25F3O3S/c1-18(16-17-33-23-12-14-24(15-13-23)34-26(2,3)25(31)32)19-4-6-20(7-5-19)21-8-10-22(11-9-21)27(28,29)30/h4-16H,17H2,1-3H3,(H,31,32). The Morgan fingerprint density at radius 3 is 1.94 bits per heavy atom. The summed E-state index contributed by atoms with van der Waals surface area (Å²) in [4.78, 5) is 12.1. The van der Waals surface area contributed by atoms with Crippen molar-refractivity contribution in [1.29, 1.82) is 0 Å². The normalized spacial score (nSPS) is 12.5. The molecule has 0 heterocycles. The Balaban J connectivity index is 1.58. The van der Waals surface area contributed by atoms with Crippen LogP contribution in [0, 0.1) is 0 Å². The number of carboxylic acids is 1. The minimum Gasteiger partial charge on any atom is -0.490 e. The molecule has 3 nitrogen and oxygen atoms in total. The topological polar surface area (TPSA) is 46.5 Å². The Labute approximate surface area is 201 Å². The van der Waals surface area contributed by atoms with Gasteiger partial charge in [0.25, 0.3) is 0 Å². The second-order valence-electron chi connectivity index (χ2n) is 8.24. The summed E-state index contributed by atoms with van der Waals surface area (Å²) < 4.78 is 43.1. The molecule has 1 N–H and O–H groups in total. The first-order valence-corrected chi connectivity index (χ1v) is 11.4. The number of benzene rings is 3. The largest absolute Gasteiger partial charge is 0.490 e. The number of carboxylic acid groups (broad SMARTS) is 1. The summed E-state index contributed by atoms with van der Waals surface area (Å²) in [5.41, 5.74) is 2.89. The molecular formula is C27H25F3O3S. The molecule has 3 aromatic rings. The number of aliphatic carboxylic acids is 1. The van der Waals surface area contributed by atoms with Crippen LogP contribution >= 0.6 is 11.8 Å². The van der Waals surface area contributed by atoms with Crippen molar-refractivity contribution in [2.75, 3.05) is 6.61 Å². The Bertz CT molecular complexity index is 1150. The van der Waals surface area contributed by atoms with Gasteiger partial charge in [0.1, 0.15) is 17.1 Å². The Morgan fingerprint density at radius 2 is 1.44 bits per heavy atom. The second-order valence-corrected chi connectivity index (χ2v) is 9.94. The van der Waals surface area contributed by atoms with Gasteiger partial charge in [0, 0.05) is 4.90 Å². The van der Waals surface area contributed by atoms with Crippen LogP contribution in [0.4, 0.5) is 13.2 Å². The zero-order valence-corrected chi connectivity index (χ0v) is 19.8. The van der Waals surface area contributed by atoms with Crippen molar-refractivity contribution in [3.63, 3.8) is 0 Å². The summed E-state index contributed by atoms with van der Waals surface area (Å²) in [5, 5.41) is 9.24. The monoisotopic (exact) mass is 486 g/mol. The number of hydrogen-bond donors (Lipinski definition) is 1. The fraction of sp³-hybridized carbons (Fsp3) is 0.222. The molecular weight excluding hydrogens is 461 g/mol. The number of allylic oxidation sites excluding steroid dienone is 1. The van der Waals surface area contributed by atoms with Gasteiger partial charge in [-0.2, -0.15) is 13.2 Å². The average molecular weight is 487 g/mol. The van der Waals surface area contributed by atoms with E-state index in [1.54, 1.807) is 13.8 Å². The molecule has 0 spiro atoms. The maximum atomic E-state index is 12.7. The van der Waals surface area contributed by atoms with Crippen LogP contribution in [0.5, 0.6) is 5.75 Å². The van der Waals surface area contributed by atoms with Crippen molar-refractivity contribution < 1.29 is 27.8 Å².